The summed E-state index contributed by atoms with van der Waals surface area (Å²) in [4.78, 5) is 16.2. The molecule has 1 aromatic heterocycles. The summed E-state index contributed by atoms with van der Waals surface area (Å²) in [6, 6.07) is 0.359. The number of thioether (sulfide) groups is 2. The van der Waals surface area contributed by atoms with Crippen LogP contribution in [0.15, 0.2) is 9.50 Å². The van der Waals surface area contributed by atoms with Gasteiger partial charge in [-0.25, -0.2) is 4.98 Å². The molecule has 1 fully saturated rings. The van der Waals surface area contributed by atoms with E-state index in [4.69, 9.17) is 0 Å². The number of amides is 1. The third-order valence-corrected chi connectivity index (χ3v) is 5.85. The predicted octanol–water partition coefficient (Wildman–Crippen LogP) is 3.05. The van der Waals surface area contributed by atoms with Crippen molar-refractivity contribution in [2.24, 2.45) is 5.92 Å². The van der Waals surface area contributed by atoms with E-state index in [1.165, 1.54) is 54.3 Å². The van der Waals surface area contributed by atoms with Crippen LogP contribution in [-0.2, 0) is 4.79 Å². The summed E-state index contributed by atoms with van der Waals surface area (Å²) in [5.41, 5.74) is 0. The number of hydrogen-bond acceptors (Lipinski definition) is 6. The molecule has 1 aliphatic carbocycles. The zero-order valence-corrected chi connectivity index (χ0v) is 13.7. The van der Waals surface area contributed by atoms with Gasteiger partial charge in [0, 0.05) is 6.04 Å². The smallest absolute Gasteiger partial charge is 0.230 e. The van der Waals surface area contributed by atoms with E-state index in [-0.39, 0.29) is 5.91 Å². The van der Waals surface area contributed by atoms with E-state index in [9.17, 15) is 4.79 Å². The molecule has 1 saturated carbocycles. The van der Waals surface area contributed by atoms with Gasteiger partial charge in [-0.15, -0.1) is 0 Å². The Morgan fingerprint density at radius 3 is 2.95 bits per heavy atom. The molecular formula is C12H19N3OS3. The van der Waals surface area contributed by atoms with Crippen molar-refractivity contribution in [3.63, 3.8) is 0 Å². The Hall–Kier alpha value is -0.270. The van der Waals surface area contributed by atoms with Crippen LogP contribution in [0, 0.1) is 5.92 Å². The molecule has 0 spiro atoms. The average Bonchev–Trinajstić information content (AvgIpc) is 2.87. The van der Waals surface area contributed by atoms with Crippen LogP contribution in [0.25, 0.3) is 0 Å². The summed E-state index contributed by atoms with van der Waals surface area (Å²) in [6.07, 6.45) is 6.83. The standard InChI is InChI=1S/C12H19N3OS3/c1-8-5-3-4-6-9(8)13-10(16)7-18-12-14-11(17-2)15-19-12/h8-9H,3-7H2,1-2H3,(H,13,16)/t8-,9+/m1/s1. The van der Waals surface area contributed by atoms with Crippen molar-refractivity contribution < 1.29 is 4.79 Å². The highest BCUT2D eigenvalue weighted by Crippen LogP contribution is 2.25. The Bertz CT molecular complexity index is 424. The van der Waals surface area contributed by atoms with Gasteiger partial charge in [0.05, 0.1) is 5.75 Å². The molecule has 1 aliphatic rings. The maximum Gasteiger partial charge on any atom is 0.230 e. The molecule has 0 aliphatic heterocycles. The van der Waals surface area contributed by atoms with E-state index in [2.05, 4.69) is 21.6 Å². The van der Waals surface area contributed by atoms with E-state index in [0.717, 1.165) is 15.9 Å². The Labute approximate surface area is 126 Å². The summed E-state index contributed by atoms with van der Waals surface area (Å²) in [6.45, 7) is 2.23. The van der Waals surface area contributed by atoms with Crippen LogP contribution in [0.5, 0.6) is 0 Å². The lowest BCUT2D eigenvalue weighted by molar-refractivity contribution is -0.119. The molecule has 1 aromatic rings. The van der Waals surface area contributed by atoms with Crippen molar-refractivity contribution in [1.29, 1.82) is 0 Å². The van der Waals surface area contributed by atoms with Crippen molar-refractivity contribution in [2.45, 2.75) is 48.1 Å². The Balaban J connectivity index is 1.74. The minimum absolute atomic E-state index is 0.115. The van der Waals surface area contributed by atoms with E-state index < -0.39 is 0 Å². The molecule has 0 saturated heterocycles. The summed E-state index contributed by atoms with van der Waals surface area (Å²) in [5.74, 6) is 1.16. The number of carbonyl (C=O) groups is 1. The molecule has 0 aromatic carbocycles. The van der Waals surface area contributed by atoms with Gasteiger partial charge >= 0.3 is 0 Å². The van der Waals surface area contributed by atoms with Gasteiger partial charge in [-0.05, 0) is 36.5 Å². The summed E-state index contributed by atoms with van der Waals surface area (Å²) < 4.78 is 5.05. The molecule has 1 N–H and O–H groups in total. The maximum absolute atomic E-state index is 11.9. The fraction of sp³-hybridized carbons (Fsp3) is 0.750. The highest BCUT2D eigenvalue weighted by Gasteiger charge is 2.22. The second-order valence-electron chi connectivity index (χ2n) is 4.77. The predicted molar refractivity (Wildman–Crippen MR) is 82.0 cm³/mol. The first-order valence-electron chi connectivity index (χ1n) is 6.49. The molecule has 2 atom stereocenters. The number of hydrogen-bond donors (Lipinski definition) is 1. The molecule has 106 valence electrons. The van der Waals surface area contributed by atoms with Gasteiger partial charge < -0.3 is 5.32 Å². The highest BCUT2D eigenvalue weighted by atomic mass is 32.2. The quantitative estimate of drug-likeness (QED) is 0.846. The first-order chi connectivity index (χ1) is 9.19. The summed E-state index contributed by atoms with van der Waals surface area (Å²) in [5, 5.41) is 3.94. The van der Waals surface area contributed by atoms with Crippen LogP contribution in [0.4, 0.5) is 0 Å². The second kappa shape index (κ2) is 7.50. The minimum Gasteiger partial charge on any atom is -0.352 e. The van der Waals surface area contributed by atoms with Gasteiger partial charge in [-0.1, -0.05) is 43.3 Å². The molecule has 2 rings (SSSR count). The Morgan fingerprint density at radius 2 is 2.26 bits per heavy atom. The molecule has 4 nitrogen and oxygen atoms in total. The van der Waals surface area contributed by atoms with Crippen LogP contribution < -0.4 is 5.32 Å². The fourth-order valence-corrected chi connectivity index (χ4v) is 4.27. The number of nitrogens with one attached hydrogen (secondary N) is 1. The van der Waals surface area contributed by atoms with E-state index in [1.54, 1.807) is 0 Å². The van der Waals surface area contributed by atoms with Crippen molar-refractivity contribution in [1.82, 2.24) is 14.7 Å². The minimum atomic E-state index is 0.115. The largest absolute Gasteiger partial charge is 0.352 e. The highest BCUT2D eigenvalue weighted by molar-refractivity contribution is 8.01. The zero-order chi connectivity index (χ0) is 13.7. The molecular weight excluding hydrogens is 298 g/mol. The van der Waals surface area contributed by atoms with Gasteiger partial charge in [0.2, 0.25) is 11.1 Å². The first kappa shape index (κ1) is 15.1. The van der Waals surface area contributed by atoms with Crippen LogP contribution in [0.1, 0.15) is 32.6 Å². The number of carbonyl (C=O) groups excluding carboxylic acids is 1. The lowest BCUT2D eigenvalue weighted by Gasteiger charge is -2.29. The fourth-order valence-electron chi connectivity index (χ4n) is 2.24. The van der Waals surface area contributed by atoms with Crippen LogP contribution in [0.3, 0.4) is 0 Å². The second-order valence-corrected chi connectivity index (χ2v) is 7.52. The van der Waals surface area contributed by atoms with Crippen molar-refractivity contribution in [2.75, 3.05) is 12.0 Å². The monoisotopic (exact) mass is 317 g/mol. The third-order valence-electron chi connectivity index (χ3n) is 3.36. The van der Waals surface area contributed by atoms with Gasteiger partial charge in [0.25, 0.3) is 0 Å². The maximum atomic E-state index is 11.9. The van der Waals surface area contributed by atoms with Gasteiger partial charge in [-0.3, -0.25) is 4.79 Å². The Morgan fingerprint density at radius 1 is 1.47 bits per heavy atom. The number of aromatic nitrogens is 2. The first-order valence-corrected chi connectivity index (χ1v) is 9.47. The third kappa shape index (κ3) is 4.65. The van der Waals surface area contributed by atoms with Crippen LogP contribution in [0.2, 0.25) is 0 Å². The van der Waals surface area contributed by atoms with Crippen LogP contribution >= 0.6 is 35.1 Å². The molecule has 0 radical (unpaired) electrons. The van der Waals surface area contributed by atoms with Crippen molar-refractivity contribution in [3.05, 3.63) is 0 Å². The Kier molecular flexibility index (Phi) is 5.97. The number of nitrogens with zero attached hydrogens (tertiary/aromatic N) is 2. The van der Waals surface area contributed by atoms with Gasteiger partial charge in [-0.2, -0.15) is 4.37 Å². The lowest BCUT2D eigenvalue weighted by Crippen LogP contribution is -2.41. The topological polar surface area (TPSA) is 54.9 Å². The lowest BCUT2D eigenvalue weighted by atomic mass is 9.86. The molecule has 1 heterocycles. The van der Waals surface area contributed by atoms with E-state index >= 15 is 0 Å². The average molecular weight is 318 g/mol. The SMILES string of the molecule is CSc1nsc(SCC(=O)N[C@H]2CCCC[C@H]2C)n1. The summed E-state index contributed by atoms with van der Waals surface area (Å²) in [7, 11) is 0. The molecule has 0 unspecified atom stereocenters. The van der Waals surface area contributed by atoms with E-state index in [1.807, 2.05) is 6.26 Å². The molecule has 0 bridgehead atoms. The normalized spacial score (nSPS) is 23.3. The number of rotatable bonds is 5. The zero-order valence-electron chi connectivity index (χ0n) is 11.2. The molecule has 19 heavy (non-hydrogen) atoms. The van der Waals surface area contributed by atoms with Crippen molar-refractivity contribution >= 4 is 41.0 Å². The van der Waals surface area contributed by atoms with Gasteiger partial charge in [0.1, 0.15) is 0 Å². The molecule has 7 heteroatoms. The van der Waals surface area contributed by atoms with Crippen LogP contribution in [-0.4, -0.2) is 33.3 Å². The van der Waals surface area contributed by atoms with Gasteiger partial charge in [0.15, 0.2) is 4.34 Å². The van der Waals surface area contributed by atoms with Crippen molar-refractivity contribution in [3.8, 4) is 0 Å². The summed E-state index contributed by atoms with van der Waals surface area (Å²) >= 11 is 4.36. The van der Waals surface area contributed by atoms with E-state index in [0.29, 0.717) is 17.7 Å². The molecule has 1 amide bonds.